The van der Waals surface area contributed by atoms with Gasteiger partial charge in [0, 0.05) is 35.7 Å². The Hall–Kier alpha value is -3.35. The largest absolute Gasteiger partial charge is 0.748 e. The fraction of sp³-hybridized carbons (Fsp3) is 0.400. The SMILES string of the molecule is CCN(CC)CC.CCn1c(=O)/c(=C\C=C2/SC(C)=C(c3ccccc3)N2CCCS(=O)(=O)O)s/c1=C\c1sc(C)c(-c2ccccc2)[n+]1CCCS(=O)(=O)[O-]. The van der Waals surface area contributed by atoms with Gasteiger partial charge in [0.15, 0.2) is 6.54 Å². The number of hydrogen-bond donors (Lipinski definition) is 1. The first-order valence-electron chi connectivity index (χ1n) is 18.6. The molecule has 0 unspecified atom stereocenters. The van der Waals surface area contributed by atoms with E-state index in [9.17, 15) is 30.7 Å². The molecule has 2 aromatic heterocycles. The zero-order valence-corrected chi connectivity index (χ0v) is 36.9. The van der Waals surface area contributed by atoms with Crippen LogP contribution in [0.15, 0.2) is 81.5 Å². The molecule has 1 aliphatic rings. The van der Waals surface area contributed by atoms with Crippen molar-refractivity contribution in [1.29, 1.82) is 0 Å². The van der Waals surface area contributed by atoms with E-state index in [0.29, 0.717) is 24.2 Å². The highest BCUT2D eigenvalue weighted by Gasteiger charge is 2.27. The maximum Gasteiger partial charge on any atom is 0.269 e. The Kier molecular flexibility index (Phi) is 16.9. The van der Waals surface area contributed by atoms with Crippen molar-refractivity contribution in [3.05, 3.63) is 112 Å². The minimum Gasteiger partial charge on any atom is -0.748 e. The van der Waals surface area contributed by atoms with E-state index in [1.807, 2.05) is 103 Å². The lowest BCUT2D eigenvalue weighted by Crippen LogP contribution is -2.39. The van der Waals surface area contributed by atoms with Crippen LogP contribution in [0.5, 0.6) is 0 Å². The molecule has 11 nitrogen and oxygen atoms in total. The number of benzene rings is 2. The number of aryl methyl sites for hydroxylation is 1. The number of hydrogen-bond acceptors (Lipinski definition) is 11. The van der Waals surface area contributed by atoms with Gasteiger partial charge in [-0.2, -0.15) is 13.0 Å². The van der Waals surface area contributed by atoms with Gasteiger partial charge in [-0.1, -0.05) is 92.4 Å². The first-order valence-corrected chi connectivity index (χ1v) is 24.3. The van der Waals surface area contributed by atoms with E-state index >= 15 is 0 Å². The van der Waals surface area contributed by atoms with Gasteiger partial charge in [-0.3, -0.25) is 13.9 Å². The Bertz CT molecular complexity index is 2390. The second-order valence-electron chi connectivity index (χ2n) is 12.9. The first-order chi connectivity index (χ1) is 26.6. The molecule has 1 N–H and O–H groups in total. The second-order valence-corrected chi connectivity index (χ2v) is 19.6. The molecule has 0 spiro atoms. The third-order valence-corrected chi connectivity index (χ3v) is 13.9. The lowest BCUT2D eigenvalue weighted by atomic mass is 10.1. The second kappa shape index (κ2) is 20.9. The van der Waals surface area contributed by atoms with Gasteiger partial charge in [0.1, 0.15) is 4.66 Å². The van der Waals surface area contributed by atoms with Crippen LogP contribution < -0.4 is 19.3 Å². The molecule has 0 fully saturated rings. The topological polar surface area (TPSA) is 144 Å². The van der Waals surface area contributed by atoms with Crippen LogP contribution in [0.2, 0.25) is 0 Å². The van der Waals surface area contributed by atoms with Crippen LogP contribution in [0, 0.1) is 6.92 Å². The normalized spacial score (nSPS) is 15.0. The average Bonchev–Trinajstić information content (AvgIpc) is 3.75. The molecule has 0 bridgehead atoms. The summed E-state index contributed by atoms with van der Waals surface area (Å²) in [4.78, 5) is 20.1. The summed E-state index contributed by atoms with van der Waals surface area (Å²) in [5.41, 5.74) is 3.68. The molecule has 16 heteroatoms. The molecule has 0 radical (unpaired) electrons. The Labute approximate surface area is 343 Å². The van der Waals surface area contributed by atoms with Crippen molar-refractivity contribution in [1.82, 2.24) is 14.4 Å². The van der Waals surface area contributed by atoms with Crippen molar-refractivity contribution < 1.29 is 30.5 Å². The molecule has 0 aliphatic carbocycles. The zero-order valence-electron chi connectivity index (χ0n) is 32.8. The highest BCUT2D eigenvalue weighted by molar-refractivity contribution is 8.07. The highest BCUT2D eigenvalue weighted by Crippen LogP contribution is 2.45. The van der Waals surface area contributed by atoms with E-state index in [2.05, 4.69) is 25.7 Å². The zero-order chi connectivity index (χ0) is 41.0. The van der Waals surface area contributed by atoms with Crippen LogP contribution in [-0.4, -0.2) is 78.0 Å². The highest BCUT2D eigenvalue weighted by atomic mass is 32.2. The van der Waals surface area contributed by atoms with Gasteiger partial charge in [0.2, 0.25) is 5.69 Å². The molecule has 2 aromatic carbocycles. The fourth-order valence-corrected chi connectivity index (χ4v) is 10.7. The van der Waals surface area contributed by atoms with Crippen LogP contribution in [0.1, 0.15) is 62.9 Å². The van der Waals surface area contributed by atoms with Crippen molar-refractivity contribution in [2.75, 3.05) is 37.7 Å². The fourth-order valence-electron chi connectivity index (χ4n) is 6.39. The third-order valence-electron chi connectivity index (χ3n) is 9.13. The maximum absolute atomic E-state index is 13.7. The molecule has 3 heterocycles. The van der Waals surface area contributed by atoms with Gasteiger partial charge in [-0.15, -0.1) is 11.3 Å². The predicted molar refractivity (Wildman–Crippen MR) is 231 cm³/mol. The molecule has 0 saturated heterocycles. The Morgan fingerprint density at radius 3 is 1.98 bits per heavy atom. The van der Waals surface area contributed by atoms with E-state index in [0.717, 1.165) is 47.0 Å². The quantitative estimate of drug-likeness (QED) is 0.110. The molecule has 0 amide bonds. The molecule has 0 atom stereocenters. The maximum atomic E-state index is 13.7. The monoisotopic (exact) mass is 860 g/mol. The lowest BCUT2D eigenvalue weighted by molar-refractivity contribution is -0.683. The van der Waals surface area contributed by atoms with E-state index in [-0.39, 0.29) is 24.2 Å². The smallest absolute Gasteiger partial charge is 0.269 e. The van der Waals surface area contributed by atoms with Gasteiger partial charge in [0.05, 0.1) is 42.1 Å². The molecular weight excluding hydrogens is 809 g/mol. The van der Waals surface area contributed by atoms with Crippen molar-refractivity contribution in [3.63, 3.8) is 0 Å². The minimum absolute atomic E-state index is 0.148. The van der Waals surface area contributed by atoms with Gasteiger partial charge in [0.25, 0.3) is 20.7 Å². The van der Waals surface area contributed by atoms with E-state index < -0.39 is 26.0 Å². The number of aromatic nitrogens is 2. The van der Waals surface area contributed by atoms with Crippen molar-refractivity contribution in [2.24, 2.45) is 0 Å². The summed E-state index contributed by atoms with van der Waals surface area (Å²) in [6.45, 7) is 17.1. The van der Waals surface area contributed by atoms with Crippen LogP contribution in [0.25, 0.3) is 29.1 Å². The Balaban J connectivity index is 0.000000908. The van der Waals surface area contributed by atoms with Crippen LogP contribution in [0.3, 0.4) is 0 Å². The van der Waals surface area contributed by atoms with Gasteiger partial charge in [-0.05, 0) is 76.7 Å². The molecule has 5 rings (SSSR count). The average molecular weight is 861 g/mol. The lowest BCUT2D eigenvalue weighted by Gasteiger charge is -2.23. The number of rotatable bonds is 16. The van der Waals surface area contributed by atoms with Crippen LogP contribution in [0.4, 0.5) is 0 Å². The number of nitrogens with zero attached hydrogens (tertiary/aromatic N) is 4. The molecule has 0 saturated carbocycles. The van der Waals surface area contributed by atoms with E-state index in [1.165, 1.54) is 54.1 Å². The molecule has 56 heavy (non-hydrogen) atoms. The number of allylic oxidation sites excluding steroid dienone is 2. The van der Waals surface area contributed by atoms with Gasteiger partial charge < -0.3 is 14.4 Å². The minimum atomic E-state index is -4.37. The van der Waals surface area contributed by atoms with E-state index in [4.69, 9.17) is 0 Å². The van der Waals surface area contributed by atoms with Crippen molar-refractivity contribution >= 4 is 72.5 Å². The Morgan fingerprint density at radius 2 is 1.45 bits per heavy atom. The van der Waals surface area contributed by atoms with Crippen LogP contribution in [-0.2, 0) is 33.3 Å². The first kappa shape index (κ1) is 45.4. The molecule has 1 aliphatic heterocycles. The summed E-state index contributed by atoms with van der Waals surface area (Å²) in [6, 6.07) is 19.6. The van der Waals surface area contributed by atoms with E-state index in [1.54, 1.807) is 10.6 Å². The third kappa shape index (κ3) is 12.6. The number of thiazole rings is 2. The standard InChI is InChI=1S/C34H37N3O7S5.C6H15N/c1-4-35-30(23-31-37(20-12-22-49(42,43)44)33(25(3)46-31)27-15-9-6-10-16-27)47-28(34(35)38)17-18-29-36(19-11-21-48(39,40)41)32(24(2)45-29)26-13-7-5-8-14-26;1-4-7(5-2)6-3/h5-10,13-18,23H,4,11-12,19-22H2,1-3H3,(H-,39,40,41,42,43,44);4-6H2,1-3H3/b28-17+,29-18-;. The summed E-state index contributed by atoms with van der Waals surface area (Å²) in [5, 5.41) is 1.66. The molecule has 304 valence electrons. The number of thioether (sulfide) groups is 1. The summed E-state index contributed by atoms with van der Waals surface area (Å²) in [6.07, 6.45) is 5.98. The van der Waals surface area contributed by atoms with Crippen molar-refractivity contribution in [2.45, 2.75) is 67.5 Å². The van der Waals surface area contributed by atoms with Crippen molar-refractivity contribution in [3.8, 4) is 11.3 Å². The summed E-state index contributed by atoms with van der Waals surface area (Å²) < 4.78 is 71.5. The summed E-state index contributed by atoms with van der Waals surface area (Å²) >= 11 is 4.42. The Morgan fingerprint density at radius 1 is 0.839 bits per heavy atom. The van der Waals surface area contributed by atoms with Gasteiger partial charge >= 0.3 is 0 Å². The summed E-state index contributed by atoms with van der Waals surface area (Å²) in [7, 11) is -8.49. The van der Waals surface area contributed by atoms with Crippen LogP contribution >= 0.6 is 34.4 Å². The molecular formula is C40H52N4O7S5. The summed E-state index contributed by atoms with van der Waals surface area (Å²) in [5.74, 6) is -0.835. The van der Waals surface area contributed by atoms with Gasteiger partial charge in [-0.25, -0.2) is 8.42 Å². The molecule has 4 aromatic rings. The predicted octanol–water partition coefficient (Wildman–Crippen LogP) is 5.70.